The highest BCUT2D eigenvalue weighted by atomic mass is 35.5. The van der Waals surface area contributed by atoms with Gasteiger partial charge < -0.3 is 14.5 Å². The van der Waals surface area contributed by atoms with Gasteiger partial charge in [-0.05, 0) is 54.9 Å². The quantitative estimate of drug-likeness (QED) is 0.878. The lowest BCUT2D eigenvalue weighted by Gasteiger charge is -2.05. The summed E-state index contributed by atoms with van der Waals surface area (Å²) in [6.45, 7) is 2.05. The largest absolute Gasteiger partial charge is 0.462 e. The molecule has 1 aromatic carbocycles. The van der Waals surface area contributed by atoms with Gasteiger partial charge in [-0.25, -0.2) is 4.79 Å². The van der Waals surface area contributed by atoms with Crippen molar-refractivity contribution in [2.75, 3.05) is 11.9 Å². The monoisotopic (exact) mass is 293 g/mol. The van der Waals surface area contributed by atoms with Gasteiger partial charge in [0, 0.05) is 5.69 Å². The molecule has 0 bridgehead atoms. The van der Waals surface area contributed by atoms with Gasteiger partial charge in [0.2, 0.25) is 0 Å². The molecule has 0 radical (unpaired) electrons. The van der Waals surface area contributed by atoms with Crippen molar-refractivity contribution in [3.05, 3.63) is 52.9 Å². The number of carbonyl (C=O) groups is 2. The third-order valence-corrected chi connectivity index (χ3v) is 2.65. The van der Waals surface area contributed by atoms with Gasteiger partial charge in [-0.2, -0.15) is 0 Å². The van der Waals surface area contributed by atoms with E-state index in [1.54, 1.807) is 31.2 Å². The lowest BCUT2D eigenvalue weighted by atomic mass is 10.2. The molecule has 2 aromatic rings. The van der Waals surface area contributed by atoms with Gasteiger partial charge in [0.15, 0.2) is 11.0 Å². The van der Waals surface area contributed by atoms with Gasteiger partial charge in [0.25, 0.3) is 5.91 Å². The predicted molar refractivity (Wildman–Crippen MR) is 74.1 cm³/mol. The van der Waals surface area contributed by atoms with Gasteiger partial charge in [0.05, 0.1) is 12.2 Å². The Morgan fingerprint density at radius 3 is 2.45 bits per heavy atom. The third kappa shape index (κ3) is 3.39. The lowest BCUT2D eigenvalue weighted by molar-refractivity contribution is 0.0526. The van der Waals surface area contributed by atoms with E-state index >= 15 is 0 Å². The maximum absolute atomic E-state index is 11.8. The van der Waals surface area contributed by atoms with E-state index in [1.807, 2.05) is 0 Å². The number of benzene rings is 1. The van der Waals surface area contributed by atoms with Crippen molar-refractivity contribution in [3.8, 4) is 0 Å². The van der Waals surface area contributed by atoms with Crippen LogP contribution in [0, 0.1) is 0 Å². The molecule has 0 fully saturated rings. The Bertz CT molecular complexity index is 618. The summed E-state index contributed by atoms with van der Waals surface area (Å²) < 4.78 is 9.86. The second-order valence-corrected chi connectivity index (χ2v) is 4.23. The van der Waals surface area contributed by atoms with E-state index in [-0.39, 0.29) is 11.0 Å². The van der Waals surface area contributed by atoms with E-state index in [1.165, 1.54) is 12.1 Å². The standard InChI is InChI=1S/C14H12ClNO4/c1-2-19-14(18)9-3-5-10(6-4-9)16-13(17)11-7-8-12(15)20-11/h3-8H,2H2,1H3,(H,16,17). The highest BCUT2D eigenvalue weighted by Crippen LogP contribution is 2.16. The summed E-state index contributed by atoms with van der Waals surface area (Å²) in [6.07, 6.45) is 0. The highest BCUT2D eigenvalue weighted by molar-refractivity contribution is 6.29. The van der Waals surface area contributed by atoms with Crippen LogP contribution in [0.15, 0.2) is 40.8 Å². The van der Waals surface area contributed by atoms with Crippen molar-refractivity contribution in [2.45, 2.75) is 6.92 Å². The molecule has 1 N–H and O–H groups in total. The average molecular weight is 294 g/mol. The first-order valence-corrected chi connectivity index (χ1v) is 6.32. The molecule has 0 unspecified atom stereocenters. The van der Waals surface area contributed by atoms with Crippen LogP contribution in [-0.4, -0.2) is 18.5 Å². The molecule has 1 amide bonds. The molecule has 1 heterocycles. The summed E-state index contributed by atoms with van der Waals surface area (Å²) in [7, 11) is 0. The van der Waals surface area contributed by atoms with Crippen LogP contribution in [0.25, 0.3) is 0 Å². The number of halogens is 1. The summed E-state index contributed by atoms with van der Waals surface area (Å²) in [5.74, 6) is -0.701. The summed E-state index contributed by atoms with van der Waals surface area (Å²) in [6, 6.07) is 9.32. The predicted octanol–water partition coefficient (Wildman–Crippen LogP) is 3.36. The number of ether oxygens (including phenoxy) is 1. The Labute approximate surface area is 120 Å². The van der Waals surface area contributed by atoms with Gasteiger partial charge in [-0.15, -0.1) is 0 Å². The van der Waals surface area contributed by atoms with E-state index < -0.39 is 11.9 Å². The molecule has 0 aliphatic rings. The van der Waals surface area contributed by atoms with Crippen LogP contribution in [0.3, 0.4) is 0 Å². The number of furan rings is 1. The van der Waals surface area contributed by atoms with Crippen LogP contribution >= 0.6 is 11.6 Å². The normalized spacial score (nSPS) is 10.1. The number of carbonyl (C=O) groups excluding carboxylic acids is 2. The first kappa shape index (κ1) is 14.1. The maximum atomic E-state index is 11.8. The van der Waals surface area contributed by atoms with E-state index in [0.717, 1.165) is 0 Å². The zero-order valence-electron chi connectivity index (χ0n) is 10.7. The molecule has 0 aliphatic heterocycles. The van der Waals surface area contributed by atoms with Gasteiger partial charge in [-0.3, -0.25) is 4.79 Å². The van der Waals surface area contributed by atoms with Crippen molar-refractivity contribution >= 4 is 29.2 Å². The topological polar surface area (TPSA) is 68.5 Å². The molecule has 2 rings (SSSR count). The molecular formula is C14H12ClNO4. The second-order valence-electron chi connectivity index (χ2n) is 3.86. The van der Waals surface area contributed by atoms with E-state index in [4.69, 9.17) is 20.8 Å². The zero-order valence-corrected chi connectivity index (χ0v) is 11.4. The average Bonchev–Trinajstić information content (AvgIpc) is 2.86. The fourth-order valence-electron chi connectivity index (χ4n) is 1.53. The third-order valence-electron chi connectivity index (χ3n) is 2.45. The molecule has 104 valence electrons. The molecule has 0 spiro atoms. The zero-order chi connectivity index (χ0) is 14.5. The highest BCUT2D eigenvalue weighted by Gasteiger charge is 2.11. The molecule has 0 atom stereocenters. The van der Waals surface area contributed by atoms with Gasteiger partial charge in [-0.1, -0.05) is 0 Å². The second kappa shape index (κ2) is 6.25. The number of esters is 1. The number of nitrogens with one attached hydrogen (secondary N) is 1. The van der Waals surface area contributed by atoms with Crippen LogP contribution in [0.1, 0.15) is 27.8 Å². The van der Waals surface area contributed by atoms with Crippen molar-refractivity contribution in [1.82, 2.24) is 0 Å². The van der Waals surface area contributed by atoms with Crippen molar-refractivity contribution in [1.29, 1.82) is 0 Å². The first-order valence-electron chi connectivity index (χ1n) is 5.94. The fourth-order valence-corrected chi connectivity index (χ4v) is 1.68. The molecule has 0 saturated carbocycles. The Hall–Kier alpha value is -2.27. The van der Waals surface area contributed by atoms with E-state index in [0.29, 0.717) is 17.9 Å². The van der Waals surface area contributed by atoms with Gasteiger partial charge in [0.1, 0.15) is 0 Å². The Balaban J connectivity index is 2.04. The van der Waals surface area contributed by atoms with Crippen molar-refractivity contribution < 1.29 is 18.7 Å². The number of rotatable bonds is 4. The fraction of sp³-hybridized carbons (Fsp3) is 0.143. The Morgan fingerprint density at radius 2 is 1.90 bits per heavy atom. The number of amides is 1. The van der Waals surface area contributed by atoms with Crippen molar-refractivity contribution in [2.24, 2.45) is 0 Å². The minimum atomic E-state index is -0.416. The molecule has 0 saturated heterocycles. The lowest BCUT2D eigenvalue weighted by Crippen LogP contribution is -2.11. The van der Waals surface area contributed by atoms with Crippen LogP contribution in [0.4, 0.5) is 5.69 Å². The van der Waals surface area contributed by atoms with E-state index in [2.05, 4.69) is 5.32 Å². The number of hydrogen-bond acceptors (Lipinski definition) is 4. The van der Waals surface area contributed by atoms with Crippen LogP contribution < -0.4 is 5.32 Å². The molecule has 5 nitrogen and oxygen atoms in total. The molecule has 20 heavy (non-hydrogen) atoms. The maximum Gasteiger partial charge on any atom is 0.338 e. The molecular weight excluding hydrogens is 282 g/mol. The first-order chi connectivity index (χ1) is 9.60. The van der Waals surface area contributed by atoms with E-state index in [9.17, 15) is 9.59 Å². The molecule has 0 aliphatic carbocycles. The summed E-state index contributed by atoms with van der Waals surface area (Å²) in [5.41, 5.74) is 0.960. The minimum Gasteiger partial charge on any atom is -0.462 e. The minimum absolute atomic E-state index is 0.115. The SMILES string of the molecule is CCOC(=O)c1ccc(NC(=O)c2ccc(Cl)o2)cc1. The summed E-state index contributed by atoms with van der Waals surface area (Å²) >= 11 is 5.59. The van der Waals surface area contributed by atoms with Crippen LogP contribution in [0.2, 0.25) is 5.22 Å². The number of anilines is 1. The van der Waals surface area contributed by atoms with Crippen LogP contribution in [0.5, 0.6) is 0 Å². The Kier molecular flexibility index (Phi) is 4.42. The number of hydrogen-bond donors (Lipinski definition) is 1. The molecule has 1 aromatic heterocycles. The van der Waals surface area contributed by atoms with Crippen molar-refractivity contribution in [3.63, 3.8) is 0 Å². The Morgan fingerprint density at radius 1 is 1.20 bits per heavy atom. The van der Waals surface area contributed by atoms with Gasteiger partial charge >= 0.3 is 5.97 Å². The summed E-state index contributed by atoms with van der Waals surface area (Å²) in [5, 5.41) is 2.77. The molecule has 6 heteroatoms. The van der Waals surface area contributed by atoms with Crippen LogP contribution in [-0.2, 0) is 4.74 Å². The summed E-state index contributed by atoms with van der Waals surface area (Å²) in [4.78, 5) is 23.3. The smallest absolute Gasteiger partial charge is 0.338 e.